The van der Waals surface area contributed by atoms with Crippen LogP contribution in [0.5, 0.6) is 0 Å². The smallest absolute Gasteiger partial charge is 0.305 e. The van der Waals surface area contributed by atoms with Crippen molar-refractivity contribution in [2.75, 3.05) is 6.61 Å². The minimum Gasteiger partial charge on any atom is -0.481 e. The lowest BCUT2D eigenvalue weighted by Gasteiger charge is -2.27. The number of carboxylic acids is 3. The summed E-state index contributed by atoms with van der Waals surface area (Å²) < 4.78 is 0. The highest BCUT2D eigenvalue weighted by atomic mass is 16.4. The molecule has 0 aromatic heterocycles. The van der Waals surface area contributed by atoms with Gasteiger partial charge >= 0.3 is 17.9 Å². The Morgan fingerprint density at radius 2 is 0.711 bits per heavy atom. The molecule has 0 saturated carbocycles. The van der Waals surface area contributed by atoms with Crippen LogP contribution >= 0.6 is 0 Å². The molecule has 0 spiro atoms. The van der Waals surface area contributed by atoms with E-state index in [1.807, 2.05) is 26.6 Å². The maximum Gasteiger partial charge on any atom is 0.305 e. The number of carbonyl (C=O) groups excluding carboxylic acids is 13. The number of primary amides is 3. The van der Waals surface area contributed by atoms with E-state index >= 15 is 0 Å². The lowest BCUT2D eigenvalue weighted by atomic mass is 10.1. The molecule has 0 rings (SSSR count). The van der Waals surface area contributed by atoms with Crippen LogP contribution in [0.15, 0.2) is 0 Å². The van der Waals surface area contributed by atoms with Gasteiger partial charge in [-0.2, -0.15) is 0 Å². The second-order valence-electron chi connectivity index (χ2n) is 16.9. The van der Waals surface area contributed by atoms with Crippen molar-refractivity contribution in [2.24, 2.45) is 17.2 Å². The van der Waals surface area contributed by atoms with E-state index in [1.54, 1.807) is 0 Å². The van der Waals surface area contributed by atoms with Gasteiger partial charge in [0, 0.05) is 19.8 Å². The zero-order valence-corrected chi connectivity index (χ0v) is 41.5. The molecule has 0 aromatic carbocycles. The van der Waals surface area contributed by atoms with Gasteiger partial charge in [-0.3, -0.25) is 76.7 Å². The van der Waals surface area contributed by atoms with Gasteiger partial charge in [0.1, 0.15) is 60.4 Å². The van der Waals surface area contributed by atoms with Crippen LogP contribution < -0.4 is 70.4 Å². The molecule has 426 valence electrons. The Balaban J connectivity index is 6.52. The van der Waals surface area contributed by atoms with Crippen LogP contribution in [0, 0.1) is 0 Å². The molecule has 13 amide bonds. The van der Waals surface area contributed by atoms with E-state index in [9.17, 15) is 107 Å². The summed E-state index contributed by atoms with van der Waals surface area (Å²) in [5.74, 6) is -21.2. The topological polar surface area (TPSA) is 593 Å². The van der Waals surface area contributed by atoms with Crippen molar-refractivity contribution >= 4 is 94.7 Å². The third-order valence-electron chi connectivity index (χ3n) is 10.2. The van der Waals surface area contributed by atoms with Gasteiger partial charge in [0.25, 0.3) is 0 Å². The molecule has 0 radical (unpaired) electrons. The van der Waals surface area contributed by atoms with Crippen LogP contribution in [0.4, 0.5) is 0 Å². The van der Waals surface area contributed by atoms with E-state index < -0.39 is 219 Å². The Labute approximate surface area is 430 Å². The summed E-state index contributed by atoms with van der Waals surface area (Å²) >= 11 is 0. The molecule has 35 heteroatoms. The molecule has 0 unspecified atom stereocenters. The van der Waals surface area contributed by atoms with Gasteiger partial charge in [0.2, 0.25) is 76.8 Å². The fourth-order valence-corrected chi connectivity index (χ4v) is 6.18. The standard InChI is InChI=1S/C41H65N13O22/c1-14(45-37(72)22(11-28(63)64)51-35(70)19(6-8-25(42)59)49-41(76)30(16(3)56)47-18(5)58)33(68)48-20(7-9-27(61)62)36(71)52-23(12-29(65)66)38(73)50-21(10-26(43)60)39(74)54-31(17(4)57)40(75)46-15(2)34(69)53-24(13-55)32(44)67/h14-17,19-24,30-31,55-57H,6-13H2,1-5H3,(H2,42,59)(H2,43,60)(H2,44,67)(H,45,72)(H,46,75)(H,47,58)(H,48,68)(H,49,76)(H,50,73)(H,51,70)(H,52,71)(H,53,69)(H,54,74)(H,61,62)(H,63,64)(H,65,66)/t14-,15-,16+,17+,19-,20-,21-,22-,23-,24-,30-,31-/m0/s1. The minimum absolute atomic E-state index is 0.553. The van der Waals surface area contributed by atoms with Gasteiger partial charge in [-0.15, -0.1) is 0 Å². The van der Waals surface area contributed by atoms with Crippen LogP contribution in [-0.2, 0) is 76.7 Å². The fourth-order valence-electron chi connectivity index (χ4n) is 6.18. The Kier molecular flexibility index (Phi) is 28.9. The lowest BCUT2D eigenvalue weighted by molar-refractivity contribution is -0.142. The van der Waals surface area contributed by atoms with Gasteiger partial charge in [-0.25, -0.2) is 0 Å². The number of carboxylic acid groups (broad SMARTS) is 3. The Hall–Kier alpha value is -8.60. The third-order valence-corrected chi connectivity index (χ3v) is 10.2. The molecular weight excluding hydrogens is 1030 g/mol. The van der Waals surface area contributed by atoms with E-state index in [2.05, 4.69) is 26.6 Å². The number of aliphatic hydroxyl groups excluding tert-OH is 3. The predicted octanol–water partition coefficient (Wildman–Crippen LogP) is -10.9. The highest BCUT2D eigenvalue weighted by Crippen LogP contribution is 2.07. The molecule has 76 heavy (non-hydrogen) atoms. The molecule has 0 aliphatic heterocycles. The first kappa shape index (κ1) is 67.4. The predicted molar refractivity (Wildman–Crippen MR) is 250 cm³/mol. The Bertz CT molecular complexity index is 2210. The first-order valence-electron chi connectivity index (χ1n) is 22.6. The average molecular weight is 1090 g/mol. The molecule has 12 atom stereocenters. The van der Waals surface area contributed by atoms with E-state index in [1.165, 1.54) is 0 Å². The summed E-state index contributed by atoms with van der Waals surface area (Å²) in [6, 6.07) is -18.6. The number of hydrogen-bond acceptors (Lipinski definition) is 19. The Morgan fingerprint density at radius 1 is 0.382 bits per heavy atom. The number of hydrogen-bond donors (Lipinski definition) is 19. The second-order valence-corrected chi connectivity index (χ2v) is 16.9. The number of rotatable bonds is 35. The van der Waals surface area contributed by atoms with Crippen molar-refractivity contribution in [3.63, 3.8) is 0 Å². The summed E-state index contributed by atoms with van der Waals surface area (Å²) in [6.45, 7) is 4.24. The largest absolute Gasteiger partial charge is 0.481 e. The molecule has 0 bridgehead atoms. The quantitative estimate of drug-likeness (QED) is 0.0280. The maximum atomic E-state index is 13.6. The zero-order valence-electron chi connectivity index (χ0n) is 41.5. The molecule has 0 saturated heterocycles. The summed E-state index contributed by atoms with van der Waals surface area (Å²) in [5.41, 5.74) is 15.5. The monoisotopic (exact) mass is 1090 g/mol. The first-order chi connectivity index (χ1) is 35.1. The second kappa shape index (κ2) is 32.6. The van der Waals surface area contributed by atoms with Crippen LogP contribution in [0.2, 0.25) is 0 Å². The third kappa shape index (κ3) is 25.4. The Morgan fingerprint density at radius 3 is 1.08 bits per heavy atom. The maximum absolute atomic E-state index is 13.6. The summed E-state index contributed by atoms with van der Waals surface area (Å²) in [6.07, 6.45) is -9.70. The van der Waals surface area contributed by atoms with Crippen LogP contribution in [0.1, 0.15) is 79.6 Å². The lowest BCUT2D eigenvalue weighted by Crippen LogP contribution is -2.62. The van der Waals surface area contributed by atoms with Crippen LogP contribution in [0.25, 0.3) is 0 Å². The normalized spacial score (nSPS) is 15.5. The molecule has 22 N–H and O–H groups in total. The highest BCUT2D eigenvalue weighted by Gasteiger charge is 2.37. The summed E-state index contributed by atoms with van der Waals surface area (Å²) in [4.78, 5) is 201. The van der Waals surface area contributed by atoms with Crippen molar-refractivity contribution in [2.45, 2.75) is 152 Å². The summed E-state index contributed by atoms with van der Waals surface area (Å²) in [5, 5.41) is 78.5. The van der Waals surface area contributed by atoms with Gasteiger partial charge in [-0.05, 0) is 40.5 Å². The molecule has 0 aromatic rings. The van der Waals surface area contributed by atoms with Gasteiger partial charge in [-0.1, -0.05) is 0 Å². The molecule has 35 nitrogen and oxygen atoms in total. The molecule has 0 heterocycles. The van der Waals surface area contributed by atoms with Crippen molar-refractivity contribution in [3.8, 4) is 0 Å². The number of amides is 13. The van der Waals surface area contributed by atoms with Gasteiger partial charge < -0.3 is 101 Å². The van der Waals surface area contributed by atoms with Crippen molar-refractivity contribution in [1.82, 2.24) is 53.2 Å². The van der Waals surface area contributed by atoms with E-state index in [-0.39, 0.29) is 0 Å². The number of nitrogens with two attached hydrogens (primary N) is 3. The van der Waals surface area contributed by atoms with Crippen molar-refractivity contribution in [3.05, 3.63) is 0 Å². The summed E-state index contributed by atoms with van der Waals surface area (Å²) in [7, 11) is 0. The average Bonchev–Trinajstić information content (AvgIpc) is 3.29. The number of nitrogens with one attached hydrogen (secondary N) is 10. The first-order valence-corrected chi connectivity index (χ1v) is 22.6. The van der Waals surface area contributed by atoms with Crippen LogP contribution in [-0.4, -0.2) is 205 Å². The van der Waals surface area contributed by atoms with Crippen molar-refractivity contribution < 1.29 is 107 Å². The van der Waals surface area contributed by atoms with E-state index in [0.29, 0.717) is 0 Å². The highest BCUT2D eigenvalue weighted by molar-refractivity contribution is 6.01. The van der Waals surface area contributed by atoms with Crippen molar-refractivity contribution in [1.29, 1.82) is 0 Å². The minimum atomic E-state index is -2.23. The zero-order chi connectivity index (χ0) is 58.9. The molecule has 0 aliphatic carbocycles. The number of carbonyl (C=O) groups is 16. The van der Waals surface area contributed by atoms with E-state index in [4.69, 9.17) is 17.2 Å². The number of aliphatic hydroxyl groups is 3. The van der Waals surface area contributed by atoms with Crippen LogP contribution in [0.3, 0.4) is 0 Å². The van der Waals surface area contributed by atoms with Gasteiger partial charge in [0.15, 0.2) is 0 Å². The molecule has 0 aliphatic rings. The number of aliphatic carboxylic acids is 3. The molecule has 0 fully saturated rings. The fraction of sp³-hybridized carbons (Fsp3) is 0.610. The molecular formula is C41H65N13O22. The van der Waals surface area contributed by atoms with Gasteiger partial charge in [0.05, 0.1) is 38.1 Å². The SMILES string of the molecule is CC(=O)N[C@H](C(=O)N[C@@H](CCC(N)=O)C(=O)N[C@@H](CC(=O)O)C(=O)N[C@@H](C)C(=O)N[C@@H](CCC(=O)O)C(=O)N[C@@H](CC(=O)O)C(=O)N[C@@H](CC(N)=O)C(=O)N[C@H](C(=O)N[C@@H](C)C(=O)N[C@@H](CO)C(N)=O)[C@@H](C)O)[C@@H](C)O. The van der Waals surface area contributed by atoms with E-state index in [0.717, 1.165) is 34.6 Å².